The summed E-state index contributed by atoms with van der Waals surface area (Å²) in [6.07, 6.45) is 1.21. The monoisotopic (exact) mass is 409 g/mol. The lowest BCUT2D eigenvalue weighted by Gasteiger charge is -2.22. The Morgan fingerprint density at radius 1 is 1.17 bits per heavy atom. The molecule has 156 valence electrons. The molecule has 2 aromatic carbocycles. The van der Waals surface area contributed by atoms with Gasteiger partial charge < -0.3 is 20.1 Å². The first-order chi connectivity index (χ1) is 14.5. The third-order valence-corrected chi connectivity index (χ3v) is 5.69. The summed E-state index contributed by atoms with van der Waals surface area (Å²) in [7, 11) is 3.09. The smallest absolute Gasteiger partial charge is 0.325 e. The topological polar surface area (TPSA) is 97.0 Å². The van der Waals surface area contributed by atoms with E-state index in [1.807, 2.05) is 24.3 Å². The molecule has 0 radical (unpaired) electrons. The number of fused-ring (bicyclic) bond motifs is 2. The summed E-state index contributed by atoms with van der Waals surface area (Å²) in [4.78, 5) is 39.1. The van der Waals surface area contributed by atoms with Gasteiger partial charge in [0.1, 0.15) is 23.6 Å². The van der Waals surface area contributed by atoms with Crippen LogP contribution in [0.1, 0.15) is 23.1 Å². The van der Waals surface area contributed by atoms with E-state index in [-0.39, 0.29) is 19.0 Å². The summed E-state index contributed by atoms with van der Waals surface area (Å²) in [5.41, 5.74) is 1.55. The summed E-state index contributed by atoms with van der Waals surface area (Å²) in [6.45, 7) is -0.142. The van der Waals surface area contributed by atoms with Gasteiger partial charge in [0.2, 0.25) is 5.91 Å². The number of methoxy groups -OCH3 is 2. The van der Waals surface area contributed by atoms with E-state index in [1.54, 1.807) is 25.3 Å². The Labute approximate surface area is 174 Å². The lowest BCUT2D eigenvalue weighted by molar-refractivity contribution is -0.135. The number of carbonyl (C=O) groups excluding carboxylic acids is 3. The molecule has 0 bridgehead atoms. The fourth-order valence-electron chi connectivity index (χ4n) is 4.12. The molecule has 1 aliphatic carbocycles. The van der Waals surface area contributed by atoms with Crippen LogP contribution in [0.25, 0.3) is 0 Å². The maximum absolute atomic E-state index is 13.1. The third-order valence-electron chi connectivity index (χ3n) is 5.69. The molecule has 0 aromatic heterocycles. The van der Waals surface area contributed by atoms with E-state index in [9.17, 15) is 14.4 Å². The van der Waals surface area contributed by atoms with E-state index in [0.29, 0.717) is 24.3 Å². The number of imide groups is 1. The zero-order valence-corrected chi connectivity index (χ0v) is 16.9. The molecule has 8 heteroatoms. The van der Waals surface area contributed by atoms with E-state index in [0.717, 1.165) is 21.6 Å². The highest BCUT2D eigenvalue weighted by molar-refractivity contribution is 6.09. The van der Waals surface area contributed by atoms with E-state index in [2.05, 4.69) is 10.6 Å². The number of hydrogen-bond acceptors (Lipinski definition) is 5. The Balaban J connectivity index is 1.43. The average molecular weight is 409 g/mol. The molecule has 4 amide bonds. The second-order valence-corrected chi connectivity index (χ2v) is 7.34. The maximum atomic E-state index is 13.1. The third kappa shape index (κ3) is 3.24. The zero-order valence-electron chi connectivity index (χ0n) is 16.9. The van der Waals surface area contributed by atoms with Crippen LogP contribution < -0.4 is 20.1 Å². The SMILES string of the molecule is COc1ccc(CNC(=O)CN2C(=O)NC3(CCc4ccccc43)C2=O)c(OC)c1. The van der Waals surface area contributed by atoms with Crippen molar-refractivity contribution in [3.63, 3.8) is 0 Å². The molecule has 1 unspecified atom stereocenters. The van der Waals surface area contributed by atoms with Crippen LogP contribution >= 0.6 is 0 Å². The van der Waals surface area contributed by atoms with Crippen molar-refractivity contribution < 1.29 is 23.9 Å². The van der Waals surface area contributed by atoms with Crippen LogP contribution in [0.15, 0.2) is 42.5 Å². The molecule has 2 N–H and O–H groups in total. The van der Waals surface area contributed by atoms with Crippen molar-refractivity contribution in [2.24, 2.45) is 0 Å². The number of nitrogens with zero attached hydrogens (tertiary/aromatic N) is 1. The second kappa shape index (κ2) is 7.70. The van der Waals surface area contributed by atoms with Gasteiger partial charge in [0.05, 0.1) is 14.2 Å². The minimum atomic E-state index is -1.06. The Morgan fingerprint density at radius 3 is 2.73 bits per heavy atom. The van der Waals surface area contributed by atoms with Crippen LogP contribution in [0.4, 0.5) is 4.79 Å². The van der Waals surface area contributed by atoms with Crippen molar-refractivity contribution in [3.05, 3.63) is 59.2 Å². The highest BCUT2D eigenvalue weighted by Crippen LogP contribution is 2.41. The standard InChI is InChI=1S/C22H23N3O5/c1-29-16-8-7-15(18(11-16)30-2)12-23-19(26)13-25-20(27)22(24-21(25)28)10-9-14-5-3-4-6-17(14)22/h3-8,11H,9-10,12-13H2,1-2H3,(H,23,26)(H,24,28). The van der Waals surface area contributed by atoms with Crippen molar-refractivity contribution in [2.45, 2.75) is 24.9 Å². The molecule has 1 fully saturated rings. The molecule has 1 saturated heterocycles. The molecule has 30 heavy (non-hydrogen) atoms. The normalized spacial score (nSPS) is 19.6. The van der Waals surface area contributed by atoms with Gasteiger partial charge in [-0.3, -0.25) is 14.5 Å². The predicted octanol–water partition coefficient (Wildman–Crippen LogP) is 1.71. The molecule has 4 rings (SSSR count). The summed E-state index contributed by atoms with van der Waals surface area (Å²) >= 11 is 0. The number of nitrogens with one attached hydrogen (secondary N) is 2. The minimum Gasteiger partial charge on any atom is -0.497 e. The predicted molar refractivity (Wildman–Crippen MR) is 108 cm³/mol. The molecule has 1 spiro atoms. The molecule has 2 aromatic rings. The number of urea groups is 1. The Morgan fingerprint density at radius 2 is 1.97 bits per heavy atom. The van der Waals surface area contributed by atoms with Crippen molar-refractivity contribution in [3.8, 4) is 11.5 Å². The van der Waals surface area contributed by atoms with Gasteiger partial charge in [-0.1, -0.05) is 24.3 Å². The zero-order chi connectivity index (χ0) is 21.3. The second-order valence-electron chi connectivity index (χ2n) is 7.34. The molecule has 1 heterocycles. The average Bonchev–Trinajstić information content (AvgIpc) is 3.25. The van der Waals surface area contributed by atoms with E-state index >= 15 is 0 Å². The molecule has 0 saturated carbocycles. The van der Waals surface area contributed by atoms with Crippen LogP contribution in [-0.2, 0) is 28.1 Å². The van der Waals surface area contributed by atoms with Gasteiger partial charge in [-0.2, -0.15) is 0 Å². The maximum Gasteiger partial charge on any atom is 0.325 e. The molecule has 8 nitrogen and oxygen atoms in total. The van der Waals surface area contributed by atoms with Crippen LogP contribution in [0.2, 0.25) is 0 Å². The summed E-state index contributed by atoms with van der Waals surface area (Å²) in [5.74, 6) is 0.406. The summed E-state index contributed by atoms with van der Waals surface area (Å²) in [5, 5.41) is 5.56. The van der Waals surface area contributed by atoms with Crippen LogP contribution in [0, 0.1) is 0 Å². The lowest BCUT2D eigenvalue weighted by Crippen LogP contribution is -2.43. The number of aryl methyl sites for hydroxylation is 1. The van der Waals surface area contributed by atoms with E-state index in [4.69, 9.17) is 9.47 Å². The molecule has 2 aliphatic rings. The fraction of sp³-hybridized carbons (Fsp3) is 0.318. The van der Waals surface area contributed by atoms with Gasteiger partial charge in [0.15, 0.2) is 0 Å². The quantitative estimate of drug-likeness (QED) is 0.708. The number of hydrogen-bond donors (Lipinski definition) is 2. The largest absolute Gasteiger partial charge is 0.497 e. The number of benzene rings is 2. The van der Waals surface area contributed by atoms with Gasteiger partial charge in [-0.05, 0) is 36.1 Å². The van der Waals surface area contributed by atoms with E-state index in [1.165, 1.54) is 7.11 Å². The Bertz CT molecular complexity index is 1020. The van der Waals surface area contributed by atoms with Crippen molar-refractivity contribution >= 4 is 17.8 Å². The van der Waals surface area contributed by atoms with Gasteiger partial charge >= 0.3 is 6.03 Å². The van der Waals surface area contributed by atoms with Crippen LogP contribution in [-0.4, -0.2) is 43.5 Å². The molecule has 1 atom stereocenters. The van der Waals surface area contributed by atoms with Gasteiger partial charge in [-0.15, -0.1) is 0 Å². The summed E-state index contributed by atoms with van der Waals surface area (Å²) < 4.78 is 10.5. The van der Waals surface area contributed by atoms with Crippen molar-refractivity contribution in [1.82, 2.24) is 15.5 Å². The lowest BCUT2D eigenvalue weighted by atomic mass is 9.92. The first kappa shape index (κ1) is 19.8. The van der Waals surface area contributed by atoms with Gasteiger partial charge in [0.25, 0.3) is 5.91 Å². The Hall–Kier alpha value is -3.55. The van der Waals surface area contributed by atoms with Gasteiger partial charge in [-0.25, -0.2) is 4.79 Å². The molecular formula is C22H23N3O5. The first-order valence-corrected chi connectivity index (χ1v) is 9.68. The van der Waals surface area contributed by atoms with Gasteiger partial charge in [0, 0.05) is 18.2 Å². The van der Waals surface area contributed by atoms with Crippen molar-refractivity contribution in [1.29, 1.82) is 0 Å². The minimum absolute atomic E-state index is 0.198. The van der Waals surface area contributed by atoms with Crippen LogP contribution in [0.5, 0.6) is 11.5 Å². The molecular weight excluding hydrogens is 386 g/mol. The van der Waals surface area contributed by atoms with Crippen molar-refractivity contribution in [2.75, 3.05) is 20.8 Å². The number of carbonyl (C=O) groups is 3. The highest BCUT2D eigenvalue weighted by Gasteiger charge is 2.55. The molecule has 1 aliphatic heterocycles. The first-order valence-electron chi connectivity index (χ1n) is 9.68. The number of amides is 4. The fourth-order valence-corrected chi connectivity index (χ4v) is 4.12. The van der Waals surface area contributed by atoms with Crippen LogP contribution in [0.3, 0.4) is 0 Å². The number of ether oxygens (including phenoxy) is 2. The summed E-state index contributed by atoms with van der Waals surface area (Å²) in [6, 6.07) is 12.3. The number of rotatable bonds is 6. The highest BCUT2D eigenvalue weighted by atomic mass is 16.5. The van der Waals surface area contributed by atoms with E-state index < -0.39 is 17.5 Å². The Kier molecular flexibility index (Phi) is 5.07.